The quantitative estimate of drug-likeness (QED) is 0.886. The Hall–Kier alpha value is -1.44. The van der Waals surface area contributed by atoms with E-state index in [4.69, 9.17) is 5.11 Å². The molecular formula is C14H21N5OS. The topological polar surface area (TPSA) is 64.5 Å². The van der Waals surface area contributed by atoms with Crippen LogP contribution in [0.15, 0.2) is 11.4 Å². The third-order valence-corrected chi connectivity index (χ3v) is 4.64. The highest BCUT2D eigenvalue weighted by Gasteiger charge is 2.19. The molecule has 6 nitrogen and oxygen atoms in total. The average Bonchev–Trinajstić information content (AvgIpc) is 2.86. The van der Waals surface area contributed by atoms with E-state index < -0.39 is 0 Å². The Kier molecular flexibility index (Phi) is 4.52. The lowest BCUT2D eigenvalue weighted by atomic mass is 10.3. The molecule has 1 saturated heterocycles. The number of nitrogens with one attached hydrogen (secondary N) is 1. The highest BCUT2D eigenvalue weighted by Crippen LogP contribution is 2.29. The van der Waals surface area contributed by atoms with Gasteiger partial charge in [-0.1, -0.05) is 0 Å². The number of β-amino-alcohol motifs (C(OH)–C–C–N with tert-alkyl or cyclic N) is 1. The molecule has 2 aromatic rings. The Labute approximate surface area is 128 Å². The molecule has 0 spiro atoms. The van der Waals surface area contributed by atoms with Crippen LogP contribution < -0.4 is 10.2 Å². The molecule has 1 aliphatic rings. The van der Waals surface area contributed by atoms with Crippen LogP contribution in [0, 0.1) is 0 Å². The van der Waals surface area contributed by atoms with Crippen molar-refractivity contribution < 1.29 is 5.11 Å². The van der Waals surface area contributed by atoms with Gasteiger partial charge in [-0.25, -0.2) is 4.98 Å². The normalized spacial score (nSPS) is 17.1. The number of hydrogen-bond acceptors (Lipinski definition) is 7. The minimum Gasteiger partial charge on any atom is -0.395 e. The molecule has 0 unspecified atom stereocenters. The fourth-order valence-electron chi connectivity index (χ4n) is 2.74. The van der Waals surface area contributed by atoms with Crippen molar-refractivity contribution in [3.8, 4) is 0 Å². The van der Waals surface area contributed by atoms with Crippen LogP contribution in [0.3, 0.4) is 0 Å². The van der Waals surface area contributed by atoms with Crippen LogP contribution in [-0.4, -0.2) is 66.4 Å². The summed E-state index contributed by atoms with van der Waals surface area (Å²) in [7, 11) is 1.85. The summed E-state index contributed by atoms with van der Waals surface area (Å²) in [6.45, 7) is 4.91. The van der Waals surface area contributed by atoms with Gasteiger partial charge in [0.25, 0.3) is 0 Å². The first-order valence-electron chi connectivity index (χ1n) is 7.33. The molecular weight excluding hydrogens is 286 g/mol. The van der Waals surface area contributed by atoms with Gasteiger partial charge in [0.1, 0.15) is 10.6 Å². The zero-order valence-corrected chi connectivity index (χ0v) is 13.1. The standard InChI is InChI=1S/C14H21N5OS/c1-15-14-16-12(11-3-10-21-13(11)17-14)19-5-2-4-18(6-7-19)8-9-20/h3,10,20H,2,4-9H2,1H3,(H,15,16,17). The monoisotopic (exact) mass is 307 g/mol. The van der Waals surface area contributed by atoms with Crippen molar-refractivity contribution in [3.05, 3.63) is 11.4 Å². The van der Waals surface area contributed by atoms with E-state index in [1.807, 2.05) is 7.05 Å². The smallest absolute Gasteiger partial charge is 0.225 e. The van der Waals surface area contributed by atoms with E-state index in [1.165, 1.54) is 0 Å². The molecule has 0 atom stereocenters. The van der Waals surface area contributed by atoms with Crippen LogP contribution in [0.4, 0.5) is 11.8 Å². The SMILES string of the molecule is CNc1nc(N2CCCN(CCO)CC2)c2ccsc2n1. The fourth-order valence-corrected chi connectivity index (χ4v) is 3.50. The largest absolute Gasteiger partial charge is 0.395 e. The first-order chi connectivity index (χ1) is 10.3. The number of aliphatic hydroxyl groups excluding tert-OH is 1. The van der Waals surface area contributed by atoms with Crippen LogP contribution in [0.2, 0.25) is 0 Å². The molecule has 114 valence electrons. The average molecular weight is 307 g/mol. The number of hydrogen-bond donors (Lipinski definition) is 2. The van der Waals surface area contributed by atoms with Crippen molar-refractivity contribution in [2.75, 3.05) is 56.6 Å². The van der Waals surface area contributed by atoms with Gasteiger partial charge in [-0.15, -0.1) is 11.3 Å². The van der Waals surface area contributed by atoms with Crippen molar-refractivity contribution >= 4 is 33.3 Å². The van der Waals surface area contributed by atoms with Gasteiger partial charge in [0.2, 0.25) is 5.95 Å². The highest BCUT2D eigenvalue weighted by molar-refractivity contribution is 7.16. The van der Waals surface area contributed by atoms with E-state index in [0.717, 1.165) is 55.2 Å². The Bertz CT molecular complexity index is 602. The van der Waals surface area contributed by atoms with E-state index >= 15 is 0 Å². The molecule has 1 fully saturated rings. The van der Waals surface area contributed by atoms with Gasteiger partial charge in [0, 0.05) is 33.2 Å². The summed E-state index contributed by atoms with van der Waals surface area (Å²) in [4.78, 5) is 14.9. The number of nitrogens with zero attached hydrogens (tertiary/aromatic N) is 4. The van der Waals surface area contributed by atoms with Gasteiger partial charge in [0.05, 0.1) is 12.0 Å². The van der Waals surface area contributed by atoms with Crippen molar-refractivity contribution in [3.63, 3.8) is 0 Å². The predicted octanol–water partition coefficient (Wildman–Crippen LogP) is 1.24. The number of fused-ring (bicyclic) bond motifs is 1. The highest BCUT2D eigenvalue weighted by atomic mass is 32.1. The molecule has 1 aliphatic heterocycles. The van der Waals surface area contributed by atoms with E-state index in [2.05, 4.69) is 36.5 Å². The van der Waals surface area contributed by atoms with Gasteiger partial charge < -0.3 is 15.3 Å². The van der Waals surface area contributed by atoms with Gasteiger partial charge in [-0.05, 0) is 24.4 Å². The van der Waals surface area contributed by atoms with Gasteiger partial charge >= 0.3 is 0 Å². The van der Waals surface area contributed by atoms with Gasteiger partial charge in [0.15, 0.2) is 0 Å². The second kappa shape index (κ2) is 6.55. The summed E-state index contributed by atoms with van der Waals surface area (Å²) in [5.74, 6) is 1.70. The lowest BCUT2D eigenvalue weighted by Gasteiger charge is -2.23. The minimum atomic E-state index is 0.228. The zero-order chi connectivity index (χ0) is 14.7. The third-order valence-electron chi connectivity index (χ3n) is 3.83. The third kappa shape index (κ3) is 3.09. The second-order valence-corrected chi connectivity index (χ2v) is 6.06. The second-order valence-electron chi connectivity index (χ2n) is 5.17. The van der Waals surface area contributed by atoms with Gasteiger partial charge in [-0.3, -0.25) is 4.90 Å². The maximum absolute atomic E-state index is 9.09. The van der Waals surface area contributed by atoms with Crippen LogP contribution in [-0.2, 0) is 0 Å². The molecule has 0 saturated carbocycles. The van der Waals surface area contributed by atoms with Crippen molar-refractivity contribution in [2.45, 2.75) is 6.42 Å². The Morgan fingerprint density at radius 2 is 2.19 bits per heavy atom. The molecule has 0 amide bonds. The van der Waals surface area contributed by atoms with E-state index in [9.17, 15) is 0 Å². The predicted molar refractivity (Wildman–Crippen MR) is 87.3 cm³/mol. The van der Waals surface area contributed by atoms with Crippen LogP contribution in [0.25, 0.3) is 10.2 Å². The minimum absolute atomic E-state index is 0.228. The summed E-state index contributed by atoms with van der Waals surface area (Å²) in [6, 6.07) is 2.10. The van der Waals surface area contributed by atoms with Crippen LogP contribution >= 0.6 is 11.3 Å². The molecule has 0 aliphatic carbocycles. The van der Waals surface area contributed by atoms with Crippen LogP contribution in [0.5, 0.6) is 0 Å². The molecule has 3 heterocycles. The van der Waals surface area contributed by atoms with Crippen molar-refractivity contribution in [2.24, 2.45) is 0 Å². The summed E-state index contributed by atoms with van der Waals surface area (Å²) in [5.41, 5.74) is 0. The van der Waals surface area contributed by atoms with Gasteiger partial charge in [-0.2, -0.15) is 4.98 Å². The number of anilines is 2. The summed E-state index contributed by atoms with van der Waals surface area (Å²) in [5, 5.41) is 15.3. The first kappa shape index (κ1) is 14.5. The molecule has 3 rings (SSSR count). The number of thiophene rings is 1. The lowest BCUT2D eigenvalue weighted by Crippen LogP contribution is -2.32. The summed E-state index contributed by atoms with van der Waals surface area (Å²) >= 11 is 1.65. The molecule has 21 heavy (non-hydrogen) atoms. The van der Waals surface area contributed by atoms with Crippen molar-refractivity contribution in [1.29, 1.82) is 0 Å². The molecule has 2 N–H and O–H groups in total. The fraction of sp³-hybridized carbons (Fsp3) is 0.571. The Morgan fingerprint density at radius 3 is 3.00 bits per heavy atom. The van der Waals surface area contributed by atoms with Crippen LogP contribution in [0.1, 0.15) is 6.42 Å². The Morgan fingerprint density at radius 1 is 1.29 bits per heavy atom. The Balaban J connectivity index is 1.87. The summed E-state index contributed by atoms with van der Waals surface area (Å²) < 4.78 is 0. The molecule has 0 aromatic carbocycles. The maximum Gasteiger partial charge on any atom is 0.225 e. The molecule has 7 heteroatoms. The summed E-state index contributed by atoms with van der Waals surface area (Å²) in [6.07, 6.45) is 1.09. The van der Waals surface area contributed by atoms with E-state index in [0.29, 0.717) is 5.95 Å². The zero-order valence-electron chi connectivity index (χ0n) is 12.2. The number of aromatic nitrogens is 2. The molecule has 0 radical (unpaired) electrons. The lowest BCUT2D eigenvalue weighted by molar-refractivity contribution is 0.204. The van der Waals surface area contributed by atoms with Crippen molar-refractivity contribution in [1.82, 2.24) is 14.9 Å². The molecule has 0 bridgehead atoms. The van der Waals surface area contributed by atoms with E-state index in [1.54, 1.807) is 11.3 Å². The number of rotatable bonds is 4. The first-order valence-corrected chi connectivity index (χ1v) is 8.21. The maximum atomic E-state index is 9.09. The number of aliphatic hydroxyl groups is 1. The molecule has 2 aromatic heterocycles. The van der Waals surface area contributed by atoms with E-state index in [-0.39, 0.29) is 6.61 Å².